The number of aromatic hydroxyl groups is 1. The average Bonchev–Trinajstić information content (AvgIpc) is 3.00. The number of nitrogens with zero attached hydrogens (tertiary/aromatic N) is 5. The van der Waals surface area contributed by atoms with Gasteiger partial charge >= 0.3 is 6.01 Å². The van der Waals surface area contributed by atoms with E-state index in [-0.39, 0.29) is 36.0 Å². The fraction of sp³-hybridized carbons (Fsp3) is 0.471. The second kappa shape index (κ2) is 11.7. The fourth-order valence-electron chi connectivity index (χ4n) is 7.17. The average molecular weight is 615 g/mol. The van der Waals surface area contributed by atoms with Crippen molar-refractivity contribution < 1.29 is 23.8 Å². The van der Waals surface area contributed by atoms with Gasteiger partial charge in [-0.05, 0) is 81.1 Å². The van der Waals surface area contributed by atoms with Crippen LogP contribution in [-0.4, -0.2) is 88.9 Å². The summed E-state index contributed by atoms with van der Waals surface area (Å²) >= 11 is 0. The highest BCUT2D eigenvalue weighted by Gasteiger charge is 2.34. The highest BCUT2D eigenvalue weighted by atomic mass is 19.1. The van der Waals surface area contributed by atoms with Gasteiger partial charge in [0, 0.05) is 49.9 Å². The first-order chi connectivity index (χ1) is 21.7. The van der Waals surface area contributed by atoms with Crippen molar-refractivity contribution in [1.29, 1.82) is 0 Å². The number of carbonyl (C=O) groups excluding carboxylic acids is 1. The first kappa shape index (κ1) is 29.6. The Morgan fingerprint density at radius 1 is 1.20 bits per heavy atom. The maximum atomic E-state index is 15.5. The zero-order valence-corrected chi connectivity index (χ0v) is 26.0. The Morgan fingerprint density at radius 3 is 2.91 bits per heavy atom. The van der Waals surface area contributed by atoms with E-state index in [0.717, 1.165) is 43.4 Å². The maximum absolute atomic E-state index is 15.5. The van der Waals surface area contributed by atoms with E-state index < -0.39 is 5.54 Å². The van der Waals surface area contributed by atoms with Crippen molar-refractivity contribution in [3.63, 3.8) is 0 Å². The minimum Gasteiger partial charge on any atom is -0.508 e. The number of nitrogens with one attached hydrogen (secondary N) is 1. The van der Waals surface area contributed by atoms with Gasteiger partial charge in [-0.15, -0.1) is 0 Å². The summed E-state index contributed by atoms with van der Waals surface area (Å²) in [7, 11) is 2.06. The van der Waals surface area contributed by atoms with Crippen LogP contribution in [0, 0.1) is 12.7 Å². The number of anilines is 1. The molecule has 236 valence electrons. The van der Waals surface area contributed by atoms with Crippen molar-refractivity contribution in [3.05, 3.63) is 47.4 Å². The van der Waals surface area contributed by atoms with Crippen LogP contribution in [0.1, 0.15) is 43.7 Å². The Hall–Kier alpha value is -4.09. The molecular formula is C34H39FN6O4. The second-order valence-electron chi connectivity index (χ2n) is 13.0. The third-order valence-corrected chi connectivity index (χ3v) is 9.35. The predicted octanol–water partition coefficient (Wildman–Crippen LogP) is 4.52. The number of rotatable bonds is 3. The largest absolute Gasteiger partial charge is 0.508 e. The zero-order chi connectivity index (χ0) is 31.3. The van der Waals surface area contributed by atoms with Gasteiger partial charge in [-0.1, -0.05) is 6.07 Å². The van der Waals surface area contributed by atoms with Gasteiger partial charge in [0.2, 0.25) is 5.91 Å². The number of morpholine rings is 1. The first-order valence-electron chi connectivity index (χ1n) is 15.8. The van der Waals surface area contributed by atoms with E-state index in [2.05, 4.69) is 29.1 Å². The number of halogens is 1. The molecule has 0 saturated carbocycles. The molecule has 2 atom stereocenters. The van der Waals surface area contributed by atoms with Crippen molar-refractivity contribution in [2.75, 3.05) is 51.3 Å². The van der Waals surface area contributed by atoms with Crippen LogP contribution in [0.25, 0.3) is 32.9 Å². The molecule has 6 bridgehead atoms. The van der Waals surface area contributed by atoms with Crippen molar-refractivity contribution in [2.45, 2.75) is 57.6 Å². The van der Waals surface area contributed by atoms with Crippen LogP contribution < -0.4 is 15.0 Å². The number of pyridine rings is 1. The lowest BCUT2D eigenvalue weighted by Gasteiger charge is -2.42. The highest BCUT2D eigenvalue weighted by molar-refractivity contribution is 6.03. The number of hydrogen-bond donors (Lipinski definition) is 2. The van der Waals surface area contributed by atoms with Crippen LogP contribution in [0.4, 0.5) is 10.2 Å². The summed E-state index contributed by atoms with van der Waals surface area (Å²) in [4.78, 5) is 32.4. The second-order valence-corrected chi connectivity index (χ2v) is 13.0. The van der Waals surface area contributed by atoms with Crippen LogP contribution >= 0.6 is 0 Å². The number of carbonyl (C=O) groups is 1. The molecule has 0 radical (unpaired) electrons. The Bertz CT molecular complexity index is 1800. The summed E-state index contributed by atoms with van der Waals surface area (Å²) in [6.07, 6.45) is 4.49. The molecule has 4 aliphatic rings. The molecule has 2 fully saturated rings. The van der Waals surface area contributed by atoms with E-state index in [1.807, 2.05) is 6.92 Å². The van der Waals surface area contributed by atoms with Crippen LogP contribution in [0.2, 0.25) is 0 Å². The molecule has 2 aromatic heterocycles. The van der Waals surface area contributed by atoms with Crippen molar-refractivity contribution in [1.82, 2.24) is 25.2 Å². The molecule has 6 heterocycles. The SMILES string of the molecule is Cc1c2ncc3c(nc(OC[C@H]4CN(C)CCO4)nc13)N1CCC[C@](C)(C1)NC(=O)CCCc1c(F)ccc3cc(O)cc-2c13. The molecule has 0 spiro atoms. The standard InChI is InChI=1S/C34H39FN6O4/c1-20-30-25-15-22(42)14-21-8-9-27(35)24(29(21)25)6-4-7-28(43)39-34(2)10-5-11-41(19-34)32-26(16-36-30)31(20)37-33(38-32)45-18-23-17-40(3)12-13-44-23/h8-9,14-16,23,42H,4-7,10-13,17-19H2,1-3H3,(H,39,43)/t23-,34-/m1/s1. The molecular weight excluding hydrogens is 575 g/mol. The number of amides is 1. The molecule has 1 amide bonds. The fourth-order valence-corrected chi connectivity index (χ4v) is 7.17. The molecule has 2 aromatic carbocycles. The van der Waals surface area contributed by atoms with E-state index in [1.165, 1.54) is 6.07 Å². The molecule has 10 nitrogen and oxygen atoms in total. The minimum atomic E-state index is -0.469. The molecule has 2 N–H and O–H groups in total. The van der Waals surface area contributed by atoms with Gasteiger partial charge in [-0.3, -0.25) is 9.78 Å². The number of aryl methyl sites for hydroxylation is 2. The van der Waals surface area contributed by atoms with Gasteiger partial charge < -0.3 is 29.7 Å². The number of phenolic OH excluding ortho intramolecular Hbond substituents is 1. The Balaban J connectivity index is 1.43. The summed E-state index contributed by atoms with van der Waals surface area (Å²) in [5.74, 6) is 0.349. The number of fused-ring (bicyclic) bond motifs is 5. The Labute approximate surface area is 261 Å². The minimum absolute atomic E-state index is 0.0554. The van der Waals surface area contributed by atoms with Crippen molar-refractivity contribution >= 4 is 33.4 Å². The Kier molecular flexibility index (Phi) is 7.69. The highest BCUT2D eigenvalue weighted by Crippen LogP contribution is 2.40. The van der Waals surface area contributed by atoms with Gasteiger partial charge in [0.15, 0.2) is 0 Å². The zero-order valence-electron chi connectivity index (χ0n) is 26.0. The summed E-state index contributed by atoms with van der Waals surface area (Å²) in [5.41, 5.74) is 2.68. The number of aromatic nitrogens is 3. The lowest BCUT2D eigenvalue weighted by atomic mass is 9.89. The van der Waals surface area contributed by atoms with Crippen molar-refractivity contribution in [3.8, 4) is 23.0 Å². The van der Waals surface area contributed by atoms with Crippen molar-refractivity contribution in [2.24, 2.45) is 0 Å². The normalized spacial score (nSPS) is 22.7. The van der Waals surface area contributed by atoms with Crippen LogP contribution in [0.15, 0.2) is 30.5 Å². The number of benzene rings is 2. The van der Waals surface area contributed by atoms with Gasteiger partial charge in [-0.25, -0.2) is 4.39 Å². The van der Waals surface area contributed by atoms with E-state index in [4.69, 9.17) is 24.4 Å². The van der Waals surface area contributed by atoms with E-state index in [1.54, 1.807) is 24.4 Å². The van der Waals surface area contributed by atoms with Gasteiger partial charge in [0.05, 0.1) is 28.7 Å². The monoisotopic (exact) mass is 614 g/mol. The maximum Gasteiger partial charge on any atom is 0.319 e. The molecule has 0 unspecified atom stereocenters. The van der Waals surface area contributed by atoms with E-state index in [0.29, 0.717) is 71.5 Å². The van der Waals surface area contributed by atoms with E-state index in [9.17, 15) is 9.90 Å². The van der Waals surface area contributed by atoms with Crippen LogP contribution in [-0.2, 0) is 16.0 Å². The number of hydrogen-bond acceptors (Lipinski definition) is 9. The van der Waals surface area contributed by atoms with Crippen LogP contribution in [0.3, 0.4) is 0 Å². The number of phenols is 1. The van der Waals surface area contributed by atoms with E-state index >= 15 is 4.39 Å². The summed E-state index contributed by atoms with van der Waals surface area (Å²) in [6.45, 7) is 7.91. The predicted molar refractivity (Wildman–Crippen MR) is 170 cm³/mol. The summed E-state index contributed by atoms with van der Waals surface area (Å²) < 4.78 is 27.7. The first-order valence-corrected chi connectivity index (χ1v) is 15.8. The quantitative estimate of drug-likeness (QED) is 0.344. The number of piperidine rings is 1. The van der Waals surface area contributed by atoms with Gasteiger partial charge in [0.1, 0.15) is 30.1 Å². The topological polar surface area (TPSA) is 113 Å². The molecule has 4 aliphatic heterocycles. The number of likely N-dealkylation sites (N-methyl/N-ethyl adjacent to an activating group) is 1. The molecule has 2 saturated heterocycles. The molecule has 45 heavy (non-hydrogen) atoms. The Morgan fingerprint density at radius 2 is 2.07 bits per heavy atom. The van der Waals surface area contributed by atoms with Gasteiger partial charge in [-0.2, -0.15) is 9.97 Å². The molecule has 4 aromatic rings. The molecule has 11 heteroatoms. The summed E-state index contributed by atoms with van der Waals surface area (Å²) in [5, 5.41) is 16.2. The molecule has 8 rings (SSSR count). The molecule has 0 aliphatic carbocycles. The lowest BCUT2D eigenvalue weighted by molar-refractivity contribution is -0.123. The third-order valence-electron chi connectivity index (χ3n) is 9.35. The summed E-state index contributed by atoms with van der Waals surface area (Å²) in [6, 6.07) is 6.60. The smallest absolute Gasteiger partial charge is 0.319 e. The third kappa shape index (κ3) is 5.75. The lowest BCUT2D eigenvalue weighted by Crippen LogP contribution is -2.57. The van der Waals surface area contributed by atoms with Crippen LogP contribution in [0.5, 0.6) is 11.8 Å². The number of ether oxygens (including phenoxy) is 2. The van der Waals surface area contributed by atoms with Gasteiger partial charge in [0.25, 0.3) is 0 Å².